The van der Waals surface area contributed by atoms with Crippen LogP contribution in [-0.2, 0) is 4.79 Å². The highest BCUT2D eigenvalue weighted by Gasteiger charge is 2.24. The van der Waals surface area contributed by atoms with Gasteiger partial charge < -0.3 is 9.64 Å². The van der Waals surface area contributed by atoms with Crippen LogP contribution >= 0.6 is 11.6 Å². The van der Waals surface area contributed by atoms with Crippen LogP contribution in [0.15, 0.2) is 48.5 Å². The molecule has 1 saturated heterocycles. The van der Waals surface area contributed by atoms with Crippen molar-refractivity contribution in [3.05, 3.63) is 59.1 Å². The Bertz CT molecular complexity index is 804. The Labute approximate surface area is 179 Å². The molecule has 0 radical (unpaired) electrons. The Morgan fingerprint density at radius 1 is 1.21 bits per heavy atom. The SMILES string of the molecule is COc1ccc(N(CCC2CCN(C(C)c3ccccc3)CC2)C(C)=O)cc1Cl. The van der Waals surface area contributed by atoms with Gasteiger partial charge in [0.1, 0.15) is 5.75 Å². The van der Waals surface area contributed by atoms with Crippen LogP contribution < -0.4 is 9.64 Å². The molecule has 0 aromatic heterocycles. The number of amides is 1. The second kappa shape index (κ2) is 10.1. The molecule has 29 heavy (non-hydrogen) atoms. The average molecular weight is 415 g/mol. The van der Waals surface area contributed by atoms with E-state index in [4.69, 9.17) is 16.3 Å². The Morgan fingerprint density at radius 3 is 2.48 bits per heavy atom. The number of carbonyl (C=O) groups excluding carboxylic acids is 1. The van der Waals surface area contributed by atoms with Crippen molar-refractivity contribution >= 4 is 23.2 Å². The minimum atomic E-state index is 0.0429. The van der Waals surface area contributed by atoms with Crippen molar-refractivity contribution in [1.29, 1.82) is 0 Å². The zero-order valence-electron chi connectivity index (χ0n) is 17.6. The van der Waals surface area contributed by atoms with Crippen LogP contribution in [0.3, 0.4) is 0 Å². The molecule has 2 aromatic carbocycles. The van der Waals surface area contributed by atoms with Crippen LogP contribution in [0.25, 0.3) is 0 Å². The normalized spacial score (nSPS) is 16.4. The van der Waals surface area contributed by atoms with E-state index in [1.807, 2.05) is 23.1 Å². The number of ether oxygens (including phenoxy) is 1. The van der Waals surface area contributed by atoms with Gasteiger partial charge in [0.05, 0.1) is 12.1 Å². The molecular weight excluding hydrogens is 384 g/mol. The number of nitrogens with zero attached hydrogens (tertiary/aromatic N) is 2. The van der Waals surface area contributed by atoms with Gasteiger partial charge in [-0.25, -0.2) is 0 Å². The minimum Gasteiger partial charge on any atom is -0.495 e. The predicted molar refractivity (Wildman–Crippen MR) is 120 cm³/mol. The number of hydrogen-bond acceptors (Lipinski definition) is 3. The maximum absolute atomic E-state index is 12.2. The maximum Gasteiger partial charge on any atom is 0.223 e. The molecule has 156 valence electrons. The maximum atomic E-state index is 12.2. The number of anilines is 1. The van der Waals surface area contributed by atoms with Gasteiger partial charge in [-0.05, 0) is 69.0 Å². The summed E-state index contributed by atoms with van der Waals surface area (Å²) in [4.78, 5) is 16.6. The van der Waals surface area contributed by atoms with Gasteiger partial charge in [0.15, 0.2) is 0 Å². The van der Waals surface area contributed by atoms with E-state index in [1.165, 1.54) is 18.4 Å². The first-order chi connectivity index (χ1) is 14.0. The smallest absolute Gasteiger partial charge is 0.223 e. The third-order valence-electron chi connectivity index (χ3n) is 6.07. The highest BCUT2D eigenvalue weighted by Crippen LogP contribution is 2.31. The third-order valence-corrected chi connectivity index (χ3v) is 6.36. The van der Waals surface area contributed by atoms with Crippen molar-refractivity contribution in [3.8, 4) is 5.75 Å². The van der Waals surface area contributed by atoms with Crippen molar-refractivity contribution in [3.63, 3.8) is 0 Å². The lowest BCUT2D eigenvalue weighted by molar-refractivity contribution is -0.116. The lowest BCUT2D eigenvalue weighted by Crippen LogP contribution is -2.37. The quantitative estimate of drug-likeness (QED) is 0.594. The topological polar surface area (TPSA) is 32.8 Å². The van der Waals surface area contributed by atoms with Gasteiger partial charge in [-0.1, -0.05) is 41.9 Å². The van der Waals surface area contributed by atoms with E-state index >= 15 is 0 Å². The second-order valence-electron chi connectivity index (χ2n) is 7.84. The molecule has 4 nitrogen and oxygen atoms in total. The van der Waals surface area contributed by atoms with Crippen LogP contribution in [-0.4, -0.2) is 37.6 Å². The summed E-state index contributed by atoms with van der Waals surface area (Å²) in [5.74, 6) is 1.31. The monoisotopic (exact) mass is 414 g/mol. The zero-order valence-corrected chi connectivity index (χ0v) is 18.4. The highest BCUT2D eigenvalue weighted by atomic mass is 35.5. The van der Waals surface area contributed by atoms with E-state index in [1.54, 1.807) is 14.0 Å². The number of likely N-dealkylation sites (tertiary alicyclic amines) is 1. The number of methoxy groups -OCH3 is 1. The van der Waals surface area contributed by atoms with Crippen LogP contribution in [0.5, 0.6) is 5.75 Å². The molecule has 1 atom stereocenters. The summed E-state index contributed by atoms with van der Waals surface area (Å²) >= 11 is 6.25. The van der Waals surface area contributed by atoms with E-state index in [2.05, 4.69) is 42.2 Å². The zero-order chi connectivity index (χ0) is 20.8. The van der Waals surface area contributed by atoms with E-state index in [0.717, 1.165) is 31.7 Å². The number of halogens is 1. The number of hydrogen-bond donors (Lipinski definition) is 0. The molecule has 0 spiro atoms. The molecule has 1 amide bonds. The Balaban J connectivity index is 1.54. The van der Waals surface area contributed by atoms with E-state index in [0.29, 0.717) is 22.7 Å². The summed E-state index contributed by atoms with van der Waals surface area (Å²) in [7, 11) is 1.59. The number of benzene rings is 2. The molecule has 0 N–H and O–H groups in total. The first-order valence-corrected chi connectivity index (χ1v) is 10.8. The minimum absolute atomic E-state index is 0.0429. The lowest BCUT2D eigenvalue weighted by Gasteiger charge is -2.37. The van der Waals surface area contributed by atoms with Gasteiger partial charge in [0.25, 0.3) is 0 Å². The molecule has 5 heteroatoms. The average Bonchev–Trinajstić information content (AvgIpc) is 2.74. The van der Waals surface area contributed by atoms with Gasteiger partial charge in [-0.3, -0.25) is 9.69 Å². The van der Waals surface area contributed by atoms with Gasteiger partial charge in [-0.2, -0.15) is 0 Å². The molecule has 1 unspecified atom stereocenters. The molecule has 3 rings (SSSR count). The first kappa shape index (κ1) is 21.7. The standard InChI is InChI=1S/C24H31ClN2O2/c1-18(21-7-5-4-6-8-21)26-14-11-20(12-15-26)13-16-27(19(2)28)22-9-10-24(29-3)23(25)17-22/h4-10,17-18,20H,11-16H2,1-3H3. The molecule has 0 bridgehead atoms. The number of carbonyl (C=O) groups is 1. The molecular formula is C24H31ClN2O2. The van der Waals surface area contributed by atoms with Crippen LogP contribution in [0.4, 0.5) is 5.69 Å². The summed E-state index contributed by atoms with van der Waals surface area (Å²) in [5, 5.41) is 0.527. The fourth-order valence-electron chi connectivity index (χ4n) is 4.17. The molecule has 1 heterocycles. The summed E-state index contributed by atoms with van der Waals surface area (Å²) in [6, 6.07) is 16.7. The molecule has 1 aliphatic heterocycles. The van der Waals surface area contributed by atoms with E-state index < -0.39 is 0 Å². The molecule has 0 aliphatic carbocycles. The summed E-state index contributed by atoms with van der Waals surface area (Å²) in [6.07, 6.45) is 3.36. The Kier molecular flexibility index (Phi) is 7.57. The van der Waals surface area contributed by atoms with Gasteiger partial charge in [-0.15, -0.1) is 0 Å². The molecule has 2 aromatic rings. The van der Waals surface area contributed by atoms with Gasteiger partial charge >= 0.3 is 0 Å². The molecule has 1 aliphatic rings. The fourth-order valence-corrected chi connectivity index (χ4v) is 4.43. The molecule has 0 saturated carbocycles. The van der Waals surface area contributed by atoms with Crippen LogP contribution in [0.2, 0.25) is 5.02 Å². The van der Waals surface area contributed by atoms with Crippen molar-refractivity contribution in [2.45, 2.75) is 39.2 Å². The van der Waals surface area contributed by atoms with Gasteiger partial charge in [0, 0.05) is 25.2 Å². The van der Waals surface area contributed by atoms with Crippen LogP contribution in [0, 0.1) is 5.92 Å². The largest absolute Gasteiger partial charge is 0.495 e. The van der Waals surface area contributed by atoms with Crippen molar-refractivity contribution in [2.75, 3.05) is 31.6 Å². The number of rotatable bonds is 7. The Hall–Kier alpha value is -2.04. The Morgan fingerprint density at radius 2 is 1.90 bits per heavy atom. The fraction of sp³-hybridized carbons (Fsp3) is 0.458. The summed E-state index contributed by atoms with van der Waals surface area (Å²) < 4.78 is 5.22. The predicted octanol–water partition coefficient (Wildman–Crippen LogP) is 5.56. The van der Waals surface area contributed by atoms with Crippen molar-refractivity contribution < 1.29 is 9.53 Å². The summed E-state index contributed by atoms with van der Waals surface area (Å²) in [5.41, 5.74) is 2.21. The molecule has 1 fully saturated rings. The van der Waals surface area contributed by atoms with E-state index in [-0.39, 0.29) is 5.91 Å². The van der Waals surface area contributed by atoms with Crippen molar-refractivity contribution in [2.24, 2.45) is 5.92 Å². The lowest BCUT2D eigenvalue weighted by atomic mass is 9.91. The third kappa shape index (κ3) is 5.52. The number of piperidine rings is 1. The van der Waals surface area contributed by atoms with Crippen molar-refractivity contribution in [1.82, 2.24) is 4.90 Å². The van der Waals surface area contributed by atoms with E-state index in [9.17, 15) is 4.79 Å². The first-order valence-electron chi connectivity index (χ1n) is 10.4. The summed E-state index contributed by atoms with van der Waals surface area (Å²) in [6.45, 7) is 6.84. The van der Waals surface area contributed by atoms with Gasteiger partial charge in [0.2, 0.25) is 5.91 Å². The second-order valence-corrected chi connectivity index (χ2v) is 8.25. The van der Waals surface area contributed by atoms with Crippen LogP contribution in [0.1, 0.15) is 44.7 Å². The highest BCUT2D eigenvalue weighted by molar-refractivity contribution is 6.32.